The average Bonchev–Trinajstić information content (AvgIpc) is 3.05. The molecule has 1 fully saturated rings. The summed E-state index contributed by atoms with van der Waals surface area (Å²) in [6, 6.07) is 6.12. The lowest BCUT2D eigenvalue weighted by Crippen LogP contribution is -2.18. The smallest absolute Gasteiger partial charge is 0.361 e. The molecule has 1 saturated carbocycles. The number of nitro benzene ring substituents is 1. The van der Waals surface area contributed by atoms with E-state index in [9.17, 15) is 20.0 Å². The van der Waals surface area contributed by atoms with Crippen molar-refractivity contribution >= 4 is 5.69 Å². The first-order chi connectivity index (χ1) is 11.0. The number of rotatable bonds is 4. The summed E-state index contributed by atoms with van der Waals surface area (Å²) >= 11 is 0. The number of aliphatic hydroxyl groups is 1. The van der Waals surface area contributed by atoms with Crippen LogP contribution in [0.5, 0.6) is 0 Å². The third-order valence-electron chi connectivity index (χ3n) is 4.50. The summed E-state index contributed by atoms with van der Waals surface area (Å²) < 4.78 is 6.78. The highest BCUT2D eigenvalue weighted by molar-refractivity contribution is 5.43. The molecule has 7 nitrogen and oxygen atoms in total. The maximum Gasteiger partial charge on any atom is 0.361 e. The lowest BCUT2D eigenvalue weighted by atomic mass is 10.0. The van der Waals surface area contributed by atoms with Gasteiger partial charge in [0.1, 0.15) is 0 Å². The number of nitro groups is 1. The van der Waals surface area contributed by atoms with Gasteiger partial charge in [-0.2, -0.15) is 0 Å². The van der Waals surface area contributed by atoms with Crippen molar-refractivity contribution in [2.24, 2.45) is 0 Å². The topological polar surface area (TPSA) is 98.5 Å². The van der Waals surface area contributed by atoms with Crippen LogP contribution < -0.4 is 5.63 Å². The Balaban J connectivity index is 1.97. The van der Waals surface area contributed by atoms with Gasteiger partial charge in [-0.25, -0.2) is 9.53 Å². The Morgan fingerprint density at radius 3 is 2.78 bits per heavy atom. The molecule has 1 aromatic carbocycles. The van der Waals surface area contributed by atoms with Gasteiger partial charge in [0.25, 0.3) is 5.69 Å². The molecule has 2 unspecified atom stereocenters. The molecule has 0 bridgehead atoms. The Labute approximate surface area is 132 Å². The molecule has 1 aliphatic carbocycles. The molecule has 0 amide bonds. The second-order valence-corrected chi connectivity index (χ2v) is 5.90. The highest BCUT2D eigenvalue weighted by Crippen LogP contribution is 2.32. The normalized spacial score (nSPS) is 20.8. The van der Waals surface area contributed by atoms with Gasteiger partial charge in [0.15, 0.2) is 0 Å². The first kappa shape index (κ1) is 15.5. The van der Waals surface area contributed by atoms with Gasteiger partial charge in [0.05, 0.1) is 28.3 Å². The molecule has 0 spiro atoms. The third-order valence-corrected chi connectivity index (χ3v) is 4.50. The Kier molecular flexibility index (Phi) is 4.04. The number of nitrogens with zero attached hydrogens (tertiary/aromatic N) is 2. The van der Waals surface area contributed by atoms with Crippen LogP contribution in [0.3, 0.4) is 0 Å². The molecular formula is C16H18N2O5. The van der Waals surface area contributed by atoms with E-state index < -0.39 is 16.7 Å². The van der Waals surface area contributed by atoms with Crippen molar-refractivity contribution in [1.29, 1.82) is 0 Å². The minimum atomic E-state index is -0.525. The minimum absolute atomic E-state index is 0.0139. The zero-order valence-corrected chi connectivity index (χ0v) is 12.8. The van der Waals surface area contributed by atoms with Gasteiger partial charge in [-0.1, -0.05) is 18.2 Å². The maximum atomic E-state index is 12.2. The fourth-order valence-electron chi connectivity index (χ4n) is 3.23. The van der Waals surface area contributed by atoms with Crippen LogP contribution in [0.4, 0.5) is 5.69 Å². The number of para-hydroxylation sites is 1. The van der Waals surface area contributed by atoms with Crippen molar-refractivity contribution in [3.8, 4) is 0 Å². The molecule has 3 rings (SSSR count). The van der Waals surface area contributed by atoms with Crippen LogP contribution in [-0.4, -0.2) is 20.9 Å². The largest absolute Gasteiger partial charge is 0.391 e. The van der Waals surface area contributed by atoms with Gasteiger partial charge in [-0.3, -0.25) is 10.1 Å². The van der Waals surface area contributed by atoms with E-state index in [0.29, 0.717) is 23.2 Å². The molecule has 0 saturated heterocycles. The lowest BCUT2D eigenvalue weighted by Gasteiger charge is -2.15. The first-order valence-corrected chi connectivity index (χ1v) is 7.60. The van der Waals surface area contributed by atoms with E-state index in [1.54, 1.807) is 25.1 Å². The molecule has 1 aliphatic rings. The molecular weight excluding hydrogens is 300 g/mol. The second kappa shape index (κ2) is 6.00. The minimum Gasteiger partial charge on any atom is -0.391 e. The van der Waals surface area contributed by atoms with E-state index in [4.69, 9.17) is 4.52 Å². The molecule has 23 heavy (non-hydrogen) atoms. The zero-order chi connectivity index (χ0) is 16.6. The van der Waals surface area contributed by atoms with Crippen molar-refractivity contribution in [2.75, 3.05) is 0 Å². The fourth-order valence-corrected chi connectivity index (χ4v) is 3.23. The molecule has 122 valence electrons. The summed E-state index contributed by atoms with van der Waals surface area (Å²) in [5, 5.41) is 21.1. The highest BCUT2D eigenvalue weighted by atomic mass is 16.6. The van der Waals surface area contributed by atoms with Crippen LogP contribution in [0.15, 0.2) is 33.6 Å². The quantitative estimate of drug-likeness (QED) is 0.689. The van der Waals surface area contributed by atoms with Gasteiger partial charge in [-0.05, 0) is 26.2 Å². The zero-order valence-electron chi connectivity index (χ0n) is 12.8. The van der Waals surface area contributed by atoms with Crippen molar-refractivity contribution in [3.63, 3.8) is 0 Å². The lowest BCUT2D eigenvalue weighted by molar-refractivity contribution is -0.385. The van der Waals surface area contributed by atoms with Crippen LogP contribution in [0.1, 0.15) is 42.1 Å². The van der Waals surface area contributed by atoms with Crippen molar-refractivity contribution in [1.82, 2.24) is 4.74 Å². The molecule has 1 N–H and O–H groups in total. The molecule has 0 aliphatic heterocycles. The summed E-state index contributed by atoms with van der Waals surface area (Å²) in [5.74, 6) is 0. The van der Waals surface area contributed by atoms with E-state index >= 15 is 0 Å². The second-order valence-electron chi connectivity index (χ2n) is 5.90. The van der Waals surface area contributed by atoms with E-state index in [-0.39, 0.29) is 18.2 Å². The average molecular weight is 318 g/mol. The summed E-state index contributed by atoms with van der Waals surface area (Å²) in [5.41, 5.74) is 0.981. The van der Waals surface area contributed by atoms with Crippen molar-refractivity contribution in [3.05, 3.63) is 61.6 Å². The third kappa shape index (κ3) is 2.79. The van der Waals surface area contributed by atoms with E-state index in [0.717, 1.165) is 12.8 Å². The van der Waals surface area contributed by atoms with Gasteiger partial charge < -0.3 is 9.63 Å². The summed E-state index contributed by atoms with van der Waals surface area (Å²) in [6.07, 6.45) is 1.94. The first-order valence-electron chi connectivity index (χ1n) is 7.60. The van der Waals surface area contributed by atoms with Crippen molar-refractivity contribution < 1.29 is 14.6 Å². The van der Waals surface area contributed by atoms with Gasteiger partial charge in [-0.15, -0.1) is 0 Å². The molecule has 1 aromatic heterocycles. The monoisotopic (exact) mass is 318 g/mol. The number of benzene rings is 1. The molecule has 1 heterocycles. The van der Waals surface area contributed by atoms with Gasteiger partial charge in [0.2, 0.25) is 0 Å². The van der Waals surface area contributed by atoms with Crippen molar-refractivity contribution in [2.45, 2.75) is 44.8 Å². The van der Waals surface area contributed by atoms with Gasteiger partial charge >= 0.3 is 5.63 Å². The van der Waals surface area contributed by atoms with E-state index in [2.05, 4.69) is 0 Å². The SMILES string of the molecule is Cc1c(Cc2ccccc2[N+](=O)[O-])c(=O)on1C1CCCC1O. The molecule has 0 radical (unpaired) electrons. The number of hydrogen-bond donors (Lipinski definition) is 1. The van der Waals surface area contributed by atoms with E-state index in [1.165, 1.54) is 10.8 Å². The predicted octanol–water partition coefficient (Wildman–Crippen LogP) is 2.33. The van der Waals surface area contributed by atoms with Crippen LogP contribution in [0, 0.1) is 17.0 Å². The van der Waals surface area contributed by atoms with Crippen LogP contribution in [0.25, 0.3) is 0 Å². The van der Waals surface area contributed by atoms with Crippen LogP contribution in [-0.2, 0) is 6.42 Å². The van der Waals surface area contributed by atoms with Crippen LogP contribution >= 0.6 is 0 Å². The number of aromatic nitrogens is 1. The molecule has 2 atom stereocenters. The molecule has 7 heteroatoms. The number of hydrogen-bond acceptors (Lipinski definition) is 5. The van der Waals surface area contributed by atoms with E-state index in [1.807, 2.05) is 0 Å². The summed E-state index contributed by atoms with van der Waals surface area (Å²) in [4.78, 5) is 22.8. The summed E-state index contributed by atoms with van der Waals surface area (Å²) in [7, 11) is 0. The standard InChI is InChI=1S/C16H18N2O5/c1-10-12(9-11-5-2-3-6-13(11)18(21)22)16(20)23-17(10)14-7-4-8-15(14)19/h2-3,5-6,14-15,19H,4,7-9H2,1H3. The Morgan fingerprint density at radius 1 is 1.39 bits per heavy atom. The van der Waals surface area contributed by atoms with Gasteiger partial charge in [0, 0.05) is 18.1 Å². The fraction of sp³-hybridized carbons (Fsp3) is 0.438. The predicted molar refractivity (Wildman–Crippen MR) is 82.5 cm³/mol. The summed E-state index contributed by atoms with van der Waals surface area (Å²) in [6.45, 7) is 1.75. The Morgan fingerprint density at radius 2 is 2.13 bits per heavy atom. The Hall–Kier alpha value is -2.41. The highest BCUT2D eigenvalue weighted by Gasteiger charge is 2.31. The maximum absolute atomic E-state index is 12.2. The molecule has 2 aromatic rings. The van der Waals surface area contributed by atoms with Crippen LogP contribution in [0.2, 0.25) is 0 Å². The number of aliphatic hydroxyl groups excluding tert-OH is 1. The Bertz CT molecular complexity index is 792.